The van der Waals surface area contributed by atoms with E-state index in [1.54, 1.807) is 26.4 Å². The molecule has 0 radical (unpaired) electrons. The summed E-state index contributed by atoms with van der Waals surface area (Å²) in [4.78, 5) is 12.2. The molecule has 1 aromatic heterocycles. The van der Waals surface area contributed by atoms with Crippen LogP contribution in [0.25, 0.3) is 0 Å². The van der Waals surface area contributed by atoms with Crippen molar-refractivity contribution >= 4 is 45.5 Å². The Kier molecular flexibility index (Phi) is 6.50. The van der Waals surface area contributed by atoms with Crippen LogP contribution in [-0.4, -0.2) is 36.1 Å². The Hall–Kier alpha value is -2.78. The van der Waals surface area contributed by atoms with Crippen LogP contribution in [0.4, 0.5) is 16.5 Å². The Morgan fingerprint density at radius 1 is 1.07 bits per heavy atom. The molecule has 3 rings (SSSR count). The highest BCUT2D eigenvalue weighted by Crippen LogP contribution is 2.29. The molecule has 7 nitrogen and oxygen atoms in total. The topological polar surface area (TPSA) is 85.4 Å². The number of nitrogens with zero attached hydrogens (tertiary/aromatic N) is 2. The van der Waals surface area contributed by atoms with E-state index >= 15 is 0 Å². The lowest BCUT2D eigenvalue weighted by Gasteiger charge is -2.08. The number of hydrogen-bond acceptors (Lipinski definition) is 8. The van der Waals surface area contributed by atoms with Crippen molar-refractivity contribution in [2.45, 2.75) is 4.34 Å². The fourth-order valence-electron chi connectivity index (χ4n) is 2.18. The van der Waals surface area contributed by atoms with Crippen molar-refractivity contribution in [3.8, 4) is 11.5 Å². The van der Waals surface area contributed by atoms with Crippen LogP contribution in [0.2, 0.25) is 0 Å². The number of carbonyl (C=O) groups excluding carboxylic acids is 1. The van der Waals surface area contributed by atoms with Gasteiger partial charge in [0.25, 0.3) is 0 Å². The van der Waals surface area contributed by atoms with E-state index in [-0.39, 0.29) is 11.7 Å². The summed E-state index contributed by atoms with van der Waals surface area (Å²) in [5.74, 6) is 1.51. The number of thioether (sulfide) groups is 1. The van der Waals surface area contributed by atoms with Crippen molar-refractivity contribution in [1.29, 1.82) is 0 Å². The Labute approximate surface area is 165 Å². The Balaban J connectivity index is 1.52. The third-order valence-corrected chi connectivity index (χ3v) is 5.43. The van der Waals surface area contributed by atoms with Gasteiger partial charge in [-0.15, -0.1) is 10.2 Å². The molecule has 0 atom stereocenters. The van der Waals surface area contributed by atoms with Gasteiger partial charge >= 0.3 is 0 Å². The molecule has 0 unspecified atom stereocenters. The number of carbonyl (C=O) groups is 1. The summed E-state index contributed by atoms with van der Waals surface area (Å²) >= 11 is 2.72. The lowest BCUT2D eigenvalue weighted by Crippen LogP contribution is -2.14. The van der Waals surface area contributed by atoms with Crippen LogP contribution in [-0.2, 0) is 4.79 Å². The third-order valence-electron chi connectivity index (χ3n) is 3.46. The Morgan fingerprint density at radius 2 is 1.85 bits per heavy atom. The zero-order valence-electron chi connectivity index (χ0n) is 14.8. The summed E-state index contributed by atoms with van der Waals surface area (Å²) in [6.07, 6.45) is 0. The van der Waals surface area contributed by atoms with Crippen LogP contribution in [0.5, 0.6) is 11.5 Å². The molecule has 0 bridgehead atoms. The molecule has 0 saturated heterocycles. The van der Waals surface area contributed by atoms with Crippen molar-refractivity contribution in [2.24, 2.45) is 0 Å². The van der Waals surface area contributed by atoms with Gasteiger partial charge in [0.05, 0.1) is 25.7 Å². The van der Waals surface area contributed by atoms with Crippen molar-refractivity contribution < 1.29 is 14.3 Å². The first-order chi connectivity index (χ1) is 13.2. The molecule has 27 heavy (non-hydrogen) atoms. The Bertz CT molecular complexity index is 900. The second-order valence-electron chi connectivity index (χ2n) is 5.26. The minimum absolute atomic E-state index is 0.135. The van der Waals surface area contributed by atoms with E-state index in [1.807, 2.05) is 36.4 Å². The second-order valence-corrected chi connectivity index (χ2v) is 7.46. The van der Waals surface area contributed by atoms with Gasteiger partial charge in [-0.3, -0.25) is 4.79 Å². The number of methoxy groups -OCH3 is 2. The van der Waals surface area contributed by atoms with Gasteiger partial charge in [-0.1, -0.05) is 35.2 Å². The number of hydrogen-bond donors (Lipinski definition) is 2. The molecule has 1 amide bonds. The van der Waals surface area contributed by atoms with Crippen molar-refractivity contribution in [1.82, 2.24) is 10.2 Å². The Morgan fingerprint density at radius 3 is 2.59 bits per heavy atom. The summed E-state index contributed by atoms with van der Waals surface area (Å²) in [5.41, 5.74) is 1.53. The highest BCUT2D eigenvalue weighted by atomic mass is 32.2. The van der Waals surface area contributed by atoms with E-state index in [9.17, 15) is 4.79 Å². The average molecular weight is 403 g/mol. The van der Waals surface area contributed by atoms with Crippen molar-refractivity contribution in [3.63, 3.8) is 0 Å². The summed E-state index contributed by atoms with van der Waals surface area (Å²) in [6.45, 7) is 0. The van der Waals surface area contributed by atoms with Gasteiger partial charge in [0.2, 0.25) is 11.0 Å². The highest BCUT2D eigenvalue weighted by Gasteiger charge is 2.10. The number of aromatic nitrogens is 2. The molecule has 9 heteroatoms. The summed E-state index contributed by atoms with van der Waals surface area (Å²) in [6, 6.07) is 14.8. The van der Waals surface area contributed by atoms with E-state index < -0.39 is 0 Å². The number of amides is 1. The molecule has 0 aliphatic heterocycles. The molecule has 3 aromatic rings. The van der Waals surface area contributed by atoms with Gasteiger partial charge < -0.3 is 20.1 Å². The molecule has 2 N–H and O–H groups in total. The van der Waals surface area contributed by atoms with Gasteiger partial charge in [-0.2, -0.15) is 0 Å². The maximum atomic E-state index is 12.2. The quantitative estimate of drug-likeness (QED) is 0.550. The predicted molar refractivity (Wildman–Crippen MR) is 109 cm³/mol. The number of para-hydroxylation sites is 2. The molecular formula is C18H18N4O3S2. The zero-order valence-corrected chi connectivity index (χ0v) is 16.4. The van der Waals surface area contributed by atoms with E-state index in [4.69, 9.17) is 9.47 Å². The summed E-state index contributed by atoms with van der Waals surface area (Å²) in [5, 5.41) is 14.9. The molecule has 0 saturated carbocycles. The van der Waals surface area contributed by atoms with Gasteiger partial charge in [0.1, 0.15) is 11.5 Å². The largest absolute Gasteiger partial charge is 0.497 e. The van der Waals surface area contributed by atoms with Gasteiger partial charge in [0.15, 0.2) is 4.34 Å². The monoisotopic (exact) mass is 402 g/mol. The first-order valence-electron chi connectivity index (χ1n) is 7.98. The molecule has 0 aliphatic rings. The third kappa shape index (κ3) is 5.35. The molecule has 140 valence electrons. The molecule has 0 aliphatic carbocycles. The second kappa shape index (κ2) is 9.24. The standard InChI is InChI=1S/C18H18N4O3S2/c1-24-13-9-7-12(8-10-13)19-17-21-22-18(27-17)26-11-16(23)20-14-5-3-4-6-15(14)25-2/h3-10H,11H2,1-2H3,(H,19,21)(H,20,23). The molecule has 2 aromatic carbocycles. The van der Waals surface area contributed by atoms with Gasteiger partial charge in [-0.05, 0) is 36.4 Å². The van der Waals surface area contributed by atoms with Gasteiger partial charge in [0, 0.05) is 5.69 Å². The maximum absolute atomic E-state index is 12.2. The van der Waals surface area contributed by atoms with E-state index in [2.05, 4.69) is 20.8 Å². The minimum atomic E-state index is -0.135. The smallest absolute Gasteiger partial charge is 0.234 e. The van der Waals surface area contributed by atoms with E-state index in [1.165, 1.54) is 23.1 Å². The molecular weight excluding hydrogens is 384 g/mol. The van der Waals surface area contributed by atoms with E-state index in [0.29, 0.717) is 20.9 Å². The van der Waals surface area contributed by atoms with Crippen LogP contribution in [0, 0.1) is 0 Å². The number of nitrogens with one attached hydrogen (secondary N) is 2. The first kappa shape index (κ1) is 19.0. The molecule has 0 fully saturated rings. The number of benzene rings is 2. The summed E-state index contributed by atoms with van der Waals surface area (Å²) < 4.78 is 11.1. The predicted octanol–water partition coefficient (Wildman–Crippen LogP) is 4.03. The molecule has 1 heterocycles. The van der Waals surface area contributed by atoms with E-state index in [0.717, 1.165) is 11.4 Å². The van der Waals surface area contributed by atoms with Crippen LogP contribution in [0.15, 0.2) is 52.9 Å². The van der Waals surface area contributed by atoms with Crippen LogP contribution >= 0.6 is 23.1 Å². The first-order valence-corrected chi connectivity index (χ1v) is 9.78. The van der Waals surface area contributed by atoms with Crippen molar-refractivity contribution in [2.75, 3.05) is 30.6 Å². The lowest BCUT2D eigenvalue weighted by atomic mass is 10.3. The van der Waals surface area contributed by atoms with Gasteiger partial charge in [-0.25, -0.2) is 0 Å². The number of ether oxygens (including phenoxy) is 2. The number of rotatable bonds is 8. The van der Waals surface area contributed by atoms with Crippen LogP contribution in [0.1, 0.15) is 0 Å². The average Bonchev–Trinajstić information content (AvgIpc) is 3.15. The normalized spacial score (nSPS) is 10.3. The molecule has 0 spiro atoms. The highest BCUT2D eigenvalue weighted by molar-refractivity contribution is 8.01. The van der Waals surface area contributed by atoms with Crippen molar-refractivity contribution in [3.05, 3.63) is 48.5 Å². The fraction of sp³-hybridized carbons (Fsp3) is 0.167. The summed E-state index contributed by atoms with van der Waals surface area (Å²) in [7, 11) is 3.19. The maximum Gasteiger partial charge on any atom is 0.234 e. The zero-order chi connectivity index (χ0) is 19.1. The van der Waals surface area contributed by atoms with Crippen LogP contribution < -0.4 is 20.1 Å². The van der Waals surface area contributed by atoms with Crippen LogP contribution in [0.3, 0.4) is 0 Å². The fourth-order valence-corrected chi connectivity index (χ4v) is 3.75. The minimum Gasteiger partial charge on any atom is -0.497 e. The lowest BCUT2D eigenvalue weighted by molar-refractivity contribution is -0.113. The number of anilines is 3. The SMILES string of the molecule is COc1ccc(Nc2nnc(SCC(=O)Nc3ccccc3OC)s2)cc1.